The fourth-order valence-corrected chi connectivity index (χ4v) is 2.11. The van der Waals surface area contributed by atoms with Crippen LogP contribution in [-0.2, 0) is 11.3 Å². The topological polar surface area (TPSA) is 41.1 Å². The third kappa shape index (κ3) is 6.04. The van der Waals surface area contributed by atoms with Gasteiger partial charge in [-0.1, -0.05) is 59.7 Å². The number of amides is 1. The van der Waals surface area contributed by atoms with E-state index >= 15 is 0 Å². The highest BCUT2D eigenvalue weighted by Crippen LogP contribution is 2.05. The van der Waals surface area contributed by atoms with E-state index < -0.39 is 0 Å². The summed E-state index contributed by atoms with van der Waals surface area (Å²) in [7, 11) is 0. The van der Waals surface area contributed by atoms with E-state index in [1.807, 2.05) is 62.4 Å². The molecule has 0 atom stereocenters. The Balaban J connectivity index is 1.79. The molecule has 0 saturated heterocycles. The molecule has 4 heteroatoms. The largest absolute Gasteiger partial charge is 0.358 e. The molecular formula is C19H20N2OS. The maximum absolute atomic E-state index is 11.8. The fraction of sp³-hybridized carbons (Fsp3) is 0.158. The summed E-state index contributed by atoms with van der Waals surface area (Å²) in [6.07, 6.45) is 3.24. The lowest BCUT2D eigenvalue weighted by Gasteiger charge is -2.08. The molecule has 0 aromatic heterocycles. The van der Waals surface area contributed by atoms with Crippen molar-refractivity contribution in [2.75, 3.05) is 0 Å². The Morgan fingerprint density at radius 3 is 2.17 bits per heavy atom. The maximum Gasteiger partial charge on any atom is 0.250 e. The molecule has 0 saturated carbocycles. The van der Waals surface area contributed by atoms with Crippen LogP contribution in [0.5, 0.6) is 0 Å². The van der Waals surface area contributed by atoms with E-state index in [1.54, 1.807) is 6.08 Å². The predicted molar refractivity (Wildman–Crippen MR) is 99.0 cm³/mol. The molecule has 2 aromatic rings. The van der Waals surface area contributed by atoms with E-state index in [9.17, 15) is 4.79 Å². The van der Waals surface area contributed by atoms with Crippen molar-refractivity contribution in [3.63, 3.8) is 0 Å². The number of rotatable bonds is 4. The highest BCUT2D eigenvalue weighted by molar-refractivity contribution is 7.80. The van der Waals surface area contributed by atoms with Crippen LogP contribution in [0.3, 0.4) is 0 Å². The Labute approximate surface area is 142 Å². The lowest BCUT2D eigenvalue weighted by Crippen LogP contribution is -2.37. The first-order valence-corrected chi connectivity index (χ1v) is 7.83. The highest BCUT2D eigenvalue weighted by atomic mass is 32.1. The number of aryl methyl sites for hydroxylation is 2. The molecule has 118 valence electrons. The van der Waals surface area contributed by atoms with Crippen molar-refractivity contribution in [2.45, 2.75) is 20.4 Å². The SMILES string of the molecule is Cc1ccc(/C=C/C(=O)NC(=S)NCc2ccc(C)cc2)cc1. The van der Waals surface area contributed by atoms with Crippen molar-refractivity contribution in [1.29, 1.82) is 0 Å². The van der Waals surface area contributed by atoms with Crippen molar-refractivity contribution in [3.05, 3.63) is 76.9 Å². The fourth-order valence-electron chi connectivity index (χ4n) is 1.94. The molecule has 0 spiro atoms. The molecule has 0 aliphatic heterocycles. The molecule has 0 bridgehead atoms. The van der Waals surface area contributed by atoms with E-state index in [4.69, 9.17) is 12.2 Å². The minimum atomic E-state index is -0.244. The van der Waals surface area contributed by atoms with Gasteiger partial charge < -0.3 is 5.32 Å². The Bertz CT molecular complexity index is 703. The van der Waals surface area contributed by atoms with E-state index in [0.717, 1.165) is 11.1 Å². The molecule has 3 nitrogen and oxygen atoms in total. The first-order valence-electron chi connectivity index (χ1n) is 7.42. The van der Waals surface area contributed by atoms with Crippen LogP contribution in [0.1, 0.15) is 22.3 Å². The Kier molecular flexibility index (Phi) is 6.06. The summed E-state index contributed by atoms with van der Waals surface area (Å²) >= 11 is 5.13. The second-order valence-corrected chi connectivity index (χ2v) is 5.81. The van der Waals surface area contributed by atoms with Crippen molar-refractivity contribution < 1.29 is 4.79 Å². The van der Waals surface area contributed by atoms with E-state index in [2.05, 4.69) is 10.6 Å². The first-order chi connectivity index (χ1) is 11.0. The molecule has 0 fully saturated rings. The maximum atomic E-state index is 11.8. The number of hydrogen-bond donors (Lipinski definition) is 2. The molecule has 0 aliphatic rings. The van der Waals surface area contributed by atoms with Crippen molar-refractivity contribution >= 4 is 29.3 Å². The van der Waals surface area contributed by atoms with Crippen LogP contribution in [0.25, 0.3) is 6.08 Å². The molecule has 0 radical (unpaired) electrons. The van der Waals surface area contributed by atoms with Gasteiger partial charge in [0.05, 0.1) is 0 Å². The predicted octanol–water partition coefficient (Wildman–Crippen LogP) is 3.51. The first kappa shape index (κ1) is 16.9. The molecule has 2 N–H and O–H groups in total. The van der Waals surface area contributed by atoms with Gasteiger partial charge in [-0.05, 0) is 43.3 Å². The summed E-state index contributed by atoms with van der Waals surface area (Å²) < 4.78 is 0. The van der Waals surface area contributed by atoms with E-state index in [0.29, 0.717) is 11.7 Å². The third-order valence-electron chi connectivity index (χ3n) is 3.31. The van der Waals surface area contributed by atoms with Gasteiger partial charge in [-0.25, -0.2) is 0 Å². The van der Waals surface area contributed by atoms with Crippen LogP contribution in [0.4, 0.5) is 0 Å². The van der Waals surface area contributed by atoms with Crippen molar-refractivity contribution in [1.82, 2.24) is 10.6 Å². The van der Waals surface area contributed by atoms with Gasteiger partial charge in [0.2, 0.25) is 5.91 Å². The van der Waals surface area contributed by atoms with E-state index in [1.165, 1.54) is 17.2 Å². The highest BCUT2D eigenvalue weighted by Gasteiger charge is 2.01. The molecule has 0 heterocycles. The summed E-state index contributed by atoms with van der Waals surface area (Å²) in [6, 6.07) is 16.1. The van der Waals surface area contributed by atoms with Gasteiger partial charge in [0, 0.05) is 12.6 Å². The van der Waals surface area contributed by atoms with Gasteiger partial charge in [-0.2, -0.15) is 0 Å². The molecule has 2 aromatic carbocycles. The minimum absolute atomic E-state index is 0.244. The Morgan fingerprint density at radius 1 is 1.00 bits per heavy atom. The molecule has 0 aliphatic carbocycles. The normalized spacial score (nSPS) is 10.5. The minimum Gasteiger partial charge on any atom is -0.358 e. The average molecular weight is 324 g/mol. The lowest BCUT2D eigenvalue weighted by atomic mass is 10.1. The second kappa shape index (κ2) is 8.25. The monoisotopic (exact) mass is 324 g/mol. The zero-order valence-electron chi connectivity index (χ0n) is 13.3. The van der Waals surface area contributed by atoms with Gasteiger partial charge in [0.1, 0.15) is 0 Å². The quantitative estimate of drug-likeness (QED) is 0.668. The summed E-state index contributed by atoms with van der Waals surface area (Å²) in [5, 5.41) is 5.98. The number of benzene rings is 2. The van der Waals surface area contributed by atoms with Crippen molar-refractivity contribution in [2.24, 2.45) is 0 Å². The third-order valence-corrected chi connectivity index (χ3v) is 3.56. The summed E-state index contributed by atoms with van der Waals surface area (Å²) in [5.41, 5.74) is 4.49. The zero-order valence-corrected chi connectivity index (χ0v) is 14.1. The summed E-state index contributed by atoms with van der Waals surface area (Å²) in [6.45, 7) is 4.65. The molecule has 2 rings (SSSR count). The Morgan fingerprint density at radius 2 is 1.57 bits per heavy atom. The molecule has 1 amide bonds. The van der Waals surface area contributed by atoms with Crippen LogP contribution in [0.15, 0.2) is 54.6 Å². The number of nitrogens with one attached hydrogen (secondary N) is 2. The number of thiocarbonyl (C=S) groups is 1. The Hall–Kier alpha value is -2.46. The standard InChI is InChI=1S/C19H20N2OS/c1-14-3-7-16(8-4-14)11-12-18(22)21-19(23)20-13-17-9-5-15(2)6-10-17/h3-12H,13H2,1-2H3,(H2,20,21,22,23)/b12-11+. The second-order valence-electron chi connectivity index (χ2n) is 5.40. The lowest BCUT2D eigenvalue weighted by molar-refractivity contribution is -0.115. The number of carbonyl (C=O) groups is 1. The van der Waals surface area contributed by atoms with Crippen LogP contribution in [0.2, 0.25) is 0 Å². The van der Waals surface area contributed by atoms with Crippen LogP contribution in [-0.4, -0.2) is 11.0 Å². The number of carbonyl (C=O) groups excluding carboxylic acids is 1. The van der Waals surface area contributed by atoms with Gasteiger partial charge in [0.15, 0.2) is 5.11 Å². The summed E-state index contributed by atoms with van der Waals surface area (Å²) in [4.78, 5) is 11.8. The van der Waals surface area contributed by atoms with Crippen LogP contribution in [0, 0.1) is 13.8 Å². The molecule has 0 unspecified atom stereocenters. The van der Waals surface area contributed by atoms with Gasteiger partial charge >= 0.3 is 0 Å². The van der Waals surface area contributed by atoms with Crippen LogP contribution < -0.4 is 10.6 Å². The van der Waals surface area contributed by atoms with Gasteiger partial charge in [0.25, 0.3) is 0 Å². The average Bonchev–Trinajstić information content (AvgIpc) is 2.54. The zero-order chi connectivity index (χ0) is 16.7. The molecular weight excluding hydrogens is 304 g/mol. The smallest absolute Gasteiger partial charge is 0.250 e. The number of hydrogen-bond acceptors (Lipinski definition) is 2. The molecule has 23 heavy (non-hydrogen) atoms. The van der Waals surface area contributed by atoms with Gasteiger partial charge in [-0.3, -0.25) is 10.1 Å². The van der Waals surface area contributed by atoms with Gasteiger partial charge in [-0.15, -0.1) is 0 Å². The van der Waals surface area contributed by atoms with Crippen molar-refractivity contribution in [3.8, 4) is 0 Å². The summed E-state index contributed by atoms with van der Waals surface area (Å²) in [5.74, 6) is -0.244. The van der Waals surface area contributed by atoms with Crippen LogP contribution >= 0.6 is 12.2 Å². The van der Waals surface area contributed by atoms with E-state index in [-0.39, 0.29) is 5.91 Å².